The fourth-order valence-corrected chi connectivity index (χ4v) is 2.45. The fraction of sp³-hybridized carbons (Fsp3) is 0.375. The van der Waals surface area contributed by atoms with Crippen LogP contribution in [0.25, 0.3) is 0 Å². The molecule has 2 rings (SSSR count). The second kappa shape index (κ2) is 7.47. The molecule has 0 saturated heterocycles. The number of amides is 1. The van der Waals surface area contributed by atoms with E-state index in [1.54, 1.807) is 11.8 Å². The molecule has 118 valence electrons. The molecule has 6 heteroatoms. The number of hydrogen-bond acceptors (Lipinski definition) is 5. The molecular weight excluding hydrogens is 298 g/mol. The van der Waals surface area contributed by atoms with E-state index in [0.717, 1.165) is 17.0 Å². The van der Waals surface area contributed by atoms with Crippen molar-refractivity contribution in [1.29, 1.82) is 0 Å². The molecular formula is C16H21N3O2S. The van der Waals surface area contributed by atoms with Gasteiger partial charge in [0.05, 0.1) is 6.04 Å². The van der Waals surface area contributed by atoms with Crippen LogP contribution in [0.3, 0.4) is 0 Å². The lowest BCUT2D eigenvalue weighted by Gasteiger charge is -2.09. The van der Waals surface area contributed by atoms with Gasteiger partial charge in [-0.15, -0.1) is 11.8 Å². The molecule has 0 radical (unpaired) electrons. The van der Waals surface area contributed by atoms with E-state index >= 15 is 0 Å². The van der Waals surface area contributed by atoms with E-state index in [-0.39, 0.29) is 17.6 Å². The van der Waals surface area contributed by atoms with Crippen molar-refractivity contribution in [3.63, 3.8) is 0 Å². The van der Waals surface area contributed by atoms with Crippen LogP contribution in [0.5, 0.6) is 0 Å². The summed E-state index contributed by atoms with van der Waals surface area (Å²) in [5.74, 6) is 0.536. The number of aromatic nitrogens is 1. The third-order valence-corrected chi connectivity index (χ3v) is 3.89. The first-order valence-corrected chi connectivity index (χ1v) is 8.38. The van der Waals surface area contributed by atoms with Crippen LogP contribution in [0.15, 0.2) is 39.8 Å². The van der Waals surface area contributed by atoms with Crippen molar-refractivity contribution in [1.82, 2.24) is 4.98 Å². The lowest BCUT2D eigenvalue weighted by molar-refractivity contribution is 0.102. The Morgan fingerprint density at radius 1 is 1.36 bits per heavy atom. The van der Waals surface area contributed by atoms with Crippen LogP contribution < -0.4 is 11.1 Å². The average Bonchev–Trinajstić information content (AvgIpc) is 2.97. The van der Waals surface area contributed by atoms with Gasteiger partial charge in [0.15, 0.2) is 5.69 Å². The highest BCUT2D eigenvalue weighted by atomic mass is 32.2. The van der Waals surface area contributed by atoms with Gasteiger partial charge in [0.2, 0.25) is 5.89 Å². The van der Waals surface area contributed by atoms with E-state index in [4.69, 9.17) is 10.2 Å². The first-order chi connectivity index (χ1) is 10.5. The summed E-state index contributed by atoms with van der Waals surface area (Å²) < 4.78 is 5.32. The third kappa shape index (κ3) is 4.35. The highest BCUT2D eigenvalue weighted by Crippen LogP contribution is 2.20. The first-order valence-electron chi connectivity index (χ1n) is 7.16. The van der Waals surface area contributed by atoms with Gasteiger partial charge in [-0.3, -0.25) is 4.79 Å². The van der Waals surface area contributed by atoms with E-state index in [2.05, 4.69) is 24.1 Å². The normalized spacial score (nSPS) is 12.4. The molecule has 0 spiro atoms. The first kappa shape index (κ1) is 16.6. The summed E-state index contributed by atoms with van der Waals surface area (Å²) in [5, 5.41) is 2.79. The van der Waals surface area contributed by atoms with Crippen LogP contribution in [0.2, 0.25) is 0 Å². The monoisotopic (exact) mass is 319 g/mol. The zero-order valence-corrected chi connectivity index (χ0v) is 13.8. The molecule has 1 unspecified atom stereocenters. The molecule has 0 bridgehead atoms. The summed E-state index contributed by atoms with van der Waals surface area (Å²) in [6, 6.07) is 7.33. The second-order valence-corrected chi connectivity index (χ2v) is 6.37. The Morgan fingerprint density at radius 2 is 2.05 bits per heavy atom. The molecule has 22 heavy (non-hydrogen) atoms. The van der Waals surface area contributed by atoms with Gasteiger partial charge in [-0.05, 0) is 42.9 Å². The molecule has 1 atom stereocenters. The molecule has 2 aromatic rings. The molecule has 1 amide bonds. The second-order valence-electron chi connectivity index (χ2n) is 5.49. The number of nitrogens with zero attached hydrogens (tertiary/aromatic N) is 1. The van der Waals surface area contributed by atoms with Gasteiger partial charge in [0.1, 0.15) is 6.26 Å². The van der Waals surface area contributed by atoms with E-state index in [9.17, 15) is 4.79 Å². The van der Waals surface area contributed by atoms with Crippen molar-refractivity contribution in [2.75, 3.05) is 11.6 Å². The number of thioether (sulfide) groups is 1. The smallest absolute Gasteiger partial charge is 0.277 e. The van der Waals surface area contributed by atoms with Crippen LogP contribution in [-0.4, -0.2) is 17.1 Å². The van der Waals surface area contributed by atoms with Gasteiger partial charge in [-0.2, -0.15) is 0 Å². The van der Waals surface area contributed by atoms with Crippen molar-refractivity contribution >= 4 is 23.4 Å². The molecule has 0 fully saturated rings. The molecule has 0 aliphatic carbocycles. The van der Waals surface area contributed by atoms with Crippen LogP contribution in [0.1, 0.15) is 42.7 Å². The number of hydrogen-bond donors (Lipinski definition) is 2. The van der Waals surface area contributed by atoms with Crippen molar-refractivity contribution in [2.45, 2.75) is 31.2 Å². The van der Waals surface area contributed by atoms with E-state index in [1.165, 1.54) is 6.26 Å². The number of rotatable bonds is 6. The standard InChI is InChI=1S/C16H21N3O2S/c1-10(2)8-13(17)16-19-14(9-21-16)15(20)18-11-4-6-12(22-3)7-5-11/h4-7,9-10,13H,8,17H2,1-3H3,(H,18,20). The highest BCUT2D eigenvalue weighted by molar-refractivity contribution is 7.98. The van der Waals surface area contributed by atoms with Gasteiger partial charge in [-0.1, -0.05) is 13.8 Å². The zero-order chi connectivity index (χ0) is 16.1. The molecule has 5 nitrogen and oxygen atoms in total. The number of carbonyl (C=O) groups excluding carboxylic acids is 1. The summed E-state index contributed by atoms with van der Waals surface area (Å²) >= 11 is 1.65. The predicted octanol–water partition coefficient (Wildman–Crippen LogP) is 3.69. The Kier molecular flexibility index (Phi) is 5.63. The number of benzene rings is 1. The highest BCUT2D eigenvalue weighted by Gasteiger charge is 2.18. The summed E-state index contributed by atoms with van der Waals surface area (Å²) in [6.45, 7) is 4.16. The van der Waals surface area contributed by atoms with Crippen molar-refractivity contribution in [3.05, 3.63) is 42.1 Å². The van der Waals surface area contributed by atoms with Crippen molar-refractivity contribution < 1.29 is 9.21 Å². The van der Waals surface area contributed by atoms with Crippen molar-refractivity contribution in [2.24, 2.45) is 11.7 Å². The number of nitrogens with one attached hydrogen (secondary N) is 1. The minimum absolute atomic E-state index is 0.239. The van der Waals surface area contributed by atoms with Crippen LogP contribution in [-0.2, 0) is 0 Å². The molecule has 1 aromatic heterocycles. The lowest BCUT2D eigenvalue weighted by Crippen LogP contribution is -2.15. The SMILES string of the molecule is CSc1ccc(NC(=O)c2coc(C(N)CC(C)C)n2)cc1. The maximum absolute atomic E-state index is 12.1. The van der Waals surface area contributed by atoms with Gasteiger partial charge in [-0.25, -0.2) is 4.98 Å². The summed E-state index contributed by atoms with van der Waals surface area (Å²) in [5.41, 5.74) is 6.96. The Bertz CT molecular complexity index is 623. The molecule has 1 aromatic carbocycles. The van der Waals surface area contributed by atoms with Gasteiger partial charge >= 0.3 is 0 Å². The van der Waals surface area contributed by atoms with Crippen molar-refractivity contribution in [3.8, 4) is 0 Å². The Labute approximate surface area is 134 Å². The number of anilines is 1. The summed E-state index contributed by atoms with van der Waals surface area (Å²) in [4.78, 5) is 17.5. The van der Waals surface area contributed by atoms with E-state index < -0.39 is 0 Å². The van der Waals surface area contributed by atoms with Crippen LogP contribution in [0, 0.1) is 5.92 Å². The zero-order valence-electron chi connectivity index (χ0n) is 13.0. The minimum Gasteiger partial charge on any atom is -0.446 e. The maximum Gasteiger partial charge on any atom is 0.277 e. The summed E-state index contributed by atoms with van der Waals surface area (Å²) in [6.07, 6.45) is 4.11. The van der Waals surface area contributed by atoms with Gasteiger partial charge in [0, 0.05) is 10.6 Å². The Balaban J connectivity index is 2.02. The number of carbonyl (C=O) groups is 1. The predicted molar refractivity (Wildman–Crippen MR) is 89.1 cm³/mol. The number of nitrogens with two attached hydrogens (primary N) is 1. The van der Waals surface area contributed by atoms with Crippen LogP contribution in [0.4, 0.5) is 5.69 Å². The topological polar surface area (TPSA) is 81.2 Å². The van der Waals surface area contributed by atoms with Gasteiger partial charge < -0.3 is 15.5 Å². The minimum atomic E-state index is -0.302. The van der Waals surface area contributed by atoms with E-state index in [1.807, 2.05) is 30.5 Å². The summed E-state index contributed by atoms with van der Waals surface area (Å²) in [7, 11) is 0. The quantitative estimate of drug-likeness (QED) is 0.794. The molecule has 3 N–H and O–H groups in total. The number of oxazole rings is 1. The molecule has 0 aliphatic heterocycles. The Morgan fingerprint density at radius 3 is 2.64 bits per heavy atom. The third-order valence-electron chi connectivity index (χ3n) is 3.15. The van der Waals surface area contributed by atoms with Gasteiger partial charge in [0.25, 0.3) is 5.91 Å². The maximum atomic E-state index is 12.1. The average molecular weight is 319 g/mol. The lowest BCUT2D eigenvalue weighted by atomic mass is 10.0. The molecule has 0 saturated carbocycles. The van der Waals surface area contributed by atoms with E-state index in [0.29, 0.717) is 11.8 Å². The Hall–Kier alpha value is -1.79. The molecule has 1 heterocycles. The largest absolute Gasteiger partial charge is 0.446 e. The fourth-order valence-electron chi connectivity index (χ4n) is 2.04. The van der Waals surface area contributed by atoms with Crippen LogP contribution >= 0.6 is 11.8 Å². The molecule has 0 aliphatic rings.